The van der Waals surface area contributed by atoms with Crippen LogP contribution in [0.25, 0.3) is 11.1 Å². The van der Waals surface area contributed by atoms with Gasteiger partial charge in [-0.3, -0.25) is 0 Å². The van der Waals surface area contributed by atoms with Crippen LogP contribution >= 0.6 is 0 Å². The summed E-state index contributed by atoms with van der Waals surface area (Å²) in [6.45, 7) is 22.6. The molecule has 0 aromatic heterocycles. The van der Waals surface area contributed by atoms with Crippen LogP contribution in [0, 0.1) is 20.8 Å². The predicted octanol–water partition coefficient (Wildman–Crippen LogP) is 21.4. The van der Waals surface area contributed by atoms with Crippen molar-refractivity contribution in [3.63, 3.8) is 0 Å². The molecule has 2 nitrogen and oxygen atoms in total. The fraction of sp³-hybridized carbons (Fsp3) is 0.746. The van der Waals surface area contributed by atoms with Crippen molar-refractivity contribution in [3.05, 3.63) is 85.5 Å². The minimum Gasteiger partial charge on any atom is -0.0654 e. The molecular weight excluding hydrogens is 843 g/mol. The Balaban J connectivity index is 0.000000709. The minimum absolute atomic E-state index is 0.788. The molecule has 0 aliphatic rings. The van der Waals surface area contributed by atoms with Crippen molar-refractivity contribution >= 4 is 11.4 Å². The van der Waals surface area contributed by atoms with Gasteiger partial charge in [0, 0.05) is 0 Å². The molecule has 2 aromatic carbocycles. The first-order valence-corrected chi connectivity index (χ1v) is 30.0. The molecule has 0 atom stereocenters. The van der Waals surface area contributed by atoms with Crippen molar-refractivity contribution in [2.45, 2.75) is 305 Å². The second-order valence-corrected chi connectivity index (χ2v) is 21.3. The van der Waals surface area contributed by atoms with Gasteiger partial charge in [-0.1, -0.05) is 98.4 Å². The zero-order valence-electron chi connectivity index (χ0n) is 45.7. The Bertz CT molecular complexity index is 1540. The van der Waals surface area contributed by atoms with E-state index in [4.69, 9.17) is 0 Å². The van der Waals surface area contributed by atoms with Gasteiger partial charge in [-0.2, -0.15) is 0 Å². The molecule has 2 rings (SSSR count). The molecule has 0 bridgehead atoms. The van der Waals surface area contributed by atoms with Gasteiger partial charge >= 0.3 is 172 Å². The van der Waals surface area contributed by atoms with E-state index in [-0.39, 0.29) is 0 Å². The fourth-order valence-corrected chi connectivity index (χ4v) is 10.7. The third kappa shape index (κ3) is 27.7. The van der Waals surface area contributed by atoms with Crippen molar-refractivity contribution in [1.82, 2.24) is 0 Å². The maximum absolute atomic E-state index is 9.56. The SMILES string of the molecule is CCCCC(C(=C=[N+]=[N-])CC)=C(c1cc(C)c(C)c(C)c1)c1cc(CCCC)c(CCCC)c(CCCC)c1.CCCCCCCCCCCC[CH2][Ni][CH2]CCCCCCCCCCCC. The number of rotatable bonds is 40. The molecule has 0 saturated carbocycles. The Morgan fingerprint density at radius 1 is 0.455 bits per heavy atom. The molecule has 0 fully saturated rings. The van der Waals surface area contributed by atoms with Gasteiger partial charge in [-0.15, -0.1) is 4.79 Å². The van der Waals surface area contributed by atoms with Gasteiger partial charge in [0.1, 0.15) is 0 Å². The molecule has 0 radical (unpaired) electrons. The van der Waals surface area contributed by atoms with E-state index in [9.17, 15) is 5.53 Å². The van der Waals surface area contributed by atoms with Crippen LogP contribution < -0.4 is 0 Å². The van der Waals surface area contributed by atoms with Gasteiger partial charge in [0.25, 0.3) is 0 Å². The fourth-order valence-electron chi connectivity index (χ4n) is 9.42. The summed E-state index contributed by atoms with van der Waals surface area (Å²) in [6, 6.07) is 9.78. The van der Waals surface area contributed by atoms with E-state index in [1.54, 1.807) is 16.7 Å². The van der Waals surface area contributed by atoms with E-state index in [2.05, 4.69) is 104 Å². The summed E-state index contributed by atoms with van der Waals surface area (Å²) < 4.78 is 0. The Morgan fingerprint density at radius 3 is 1.20 bits per heavy atom. The summed E-state index contributed by atoms with van der Waals surface area (Å²) in [7, 11) is 0. The zero-order chi connectivity index (χ0) is 48.5. The second-order valence-electron chi connectivity index (χ2n) is 19.9. The van der Waals surface area contributed by atoms with Crippen LogP contribution in [-0.4, -0.2) is 10.7 Å². The Morgan fingerprint density at radius 2 is 0.818 bits per heavy atom. The van der Waals surface area contributed by atoms with E-state index >= 15 is 0 Å². The standard InChI is InChI=1S/C37H54N2.2C13H27.Ni/c1-9-14-18-31-24-34(25-32(19-15-10-2)35(31)20-16-11-3)37(33-22-27(6)29(8)28(7)23-33)36(21-17-12-4)30(13-5)26-39-38;2*1-3-5-7-9-11-13-12-10-8-6-4-2;/h22-25H,9-21H2,1-8H3;2*1,3-13H2,2H3;. The molecule has 0 aliphatic carbocycles. The molecule has 0 heterocycles. The monoisotopic (exact) mass is 951 g/mol. The molecule has 0 N–H and O–H groups in total. The number of hydrogen-bond donors (Lipinski definition) is 0. The maximum atomic E-state index is 9.56. The van der Waals surface area contributed by atoms with Gasteiger partial charge in [0.15, 0.2) is 0 Å². The molecule has 0 saturated heterocycles. The second kappa shape index (κ2) is 42.9. The summed E-state index contributed by atoms with van der Waals surface area (Å²) in [5.41, 5.74) is 24.5. The van der Waals surface area contributed by atoms with Crippen molar-refractivity contribution in [3.8, 4) is 0 Å². The minimum atomic E-state index is 0.788. The molecule has 0 unspecified atom stereocenters. The van der Waals surface area contributed by atoms with Gasteiger partial charge in [-0.05, 0) is 134 Å². The van der Waals surface area contributed by atoms with Crippen LogP contribution in [0.15, 0.2) is 35.4 Å². The Hall–Kier alpha value is -2.17. The van der Waals surface area contributed by atoms with Crippen molar-refractivity contribution in [2.24, 2.45) is 0 Å². The third-order valence-corrected chi connectivity index (χ3v) is 15.4. The summed E-state index contributed by atoms with van der Waals surface area (Å²) in [6.07, 6.45) is 47.0. The number of benzene rings is 2. The van der Waals surface area contributed by atoms with E-state index in [0.29, 0.717) is 0 Å². The summed E-state index contributed by atoms with van der Waals surface area (Å²) >= 11 is 2.03. The first kappa shape index (κ1) is 61.8. The molecule has 380 valence electrons. The quantitative estimate of drug-likeness (QED) is 0.0159. The average molecular weight is 952 g/mol. The van der Waals surface area contributed by atoms with Crippen LogP contribution in [0.1, 0.15) is 298 Å². The van der Waals surface area contributed by atoms with Gasteiger partial charge in [0.2, 0.25) is 0 Å². The molecule has 0 amide bonds. The van der Waals surface area contributed by atoms with Crippen molar-refractivity contribution in [1.29, 1.82) is 0 Å². The first-order chi connectivity index (χ1) is 32.3. The molecule has 2 aromatic rings. The molecule has 0 spiro atoms. The van der Waals surface area contributed by atoms with Crippen LogP contribution in [0.3, 0.4) is 0 Å². The van der Waals surface area contributed by atoms with Gasteiger partial charge in [0.05, 0.1) is 5.57 Å². The third-order valence-electron chi connectivity index (χ3n) is 14.0. The van der Waals surface area contributed by atoms with E-state index < -0.39 is 0 Å². The number of unbranched alkanes of at least 4 members (excludes halogenated alkanes) is 24. The number of hydrogen-bond acceptors (Lipinski definition) is 0. The molecule has 0 aliphatic heterocycles. The Kier molecular flexibility index (Phi) is 40.2. The summed E-state index contributed by atoms with van der Waals surface area (Å²) in [5.74, 6) is 2.98. The van der Waals surface area contributed by atoms with E-state index in [0.717, 1.165) is 44.1 Å². The first-order valence-electron chi connectivity index (χ1n) is 28.6. The van der Waals surface area contributed by atoms with E-state index in [1.807, 2.05) is 14.4 Å². The van der Waals surface area contributed by atoms with Crippen LogP contribution in [0.4, 0.5) is 0 Å². The zero-order valence-corrected chi connectivity index (χ0v) is 46.7. The summed E-state index contributed by atoms with van der Waals surface area (Å²) in [5, 5.41) is 2.86. The smallest absolute Gasteiger partial charge is 0.0654 e. The summed E-state index contributed by atoms with van der Waals surface area (Å²) in [4.78, 5) is 3.40. The van der Waals surface area contributed by atoms with Crippen molar-refractivity contribution < 1.29 is 19.2 Å². The Labute approximate surface area is 418 Å². The normalized spacial score (nSPS) is 11.6. The molecule has 3 heteroatoms. The number of allylic oxidation sites excluding steroid dienone is 2. The predicted molar refractivity (Wildman–Crippen MR) is 293 cm³/mol. The topological polar surface area (TPSA) is 36.4 Å². The van der Waals surface area contributed by atoms with Crippen molar-refractivity contribution in [2.75, 3.05) is 0 Å². The van der Waals surface area contributed by atoms with Gasteiger partial charge in [-0.25, -0.2) is 0 Å². The average Bonchev–Trinajstić information content (AvgIpc) is 3.32. The van der Waals surface area contributed by atoms with Crippen LogP contribution in [0.5, 0.6) is 0 Å². The van der Waals surface area contributed by atoms with Crippen LogP contribution in [0.2, 0.25) is 10.8 Å². The number of aryl methyl sites for hydroxylation is 4. The van der Waals surface area contributed by atoms with Crippen LogP contribution in [-0.2, 0) is 33.7 Å². The number of nitrogens with zero attached hydrogens (tertiary/aromatic N) is 2. The molecule has 66 heavy (non-hydrogen) atoms. The van der Waals surface area contributed by atoms with Gasteiger partial charge < -0.3 is 5.53 Å². The molecular formula is C63H108N2Ni. The van der Waals surface area contributed by atoms with E-state index in [1.165, 1.54) is 236 Å².